The molecule has 5 nitrogen and oxygen atoms in total. The van der Waals surface area contributed by atoms with E-state index in [0.717, 1.165) is 17.7 Å². The highest BCUT2D eigenvalue weighted by Gasteiger charge is 2.45. The van der Waals surface area contributed by atoms with Gasteiger partial charge in [0.15, 0.2) is 5.92 Å². The largest absolute Gasteiger partial charge is 0.481 e. The Balaban J connectivity index is 2.50. The summed E-state index contributed by atoms with van der Waals surface area (Å²) < 4.78 is 37.4. The number of rotatable bonds is 5. The smallest absolute Gasteiger partial charge is 0.403 e. The number of halogens is 3. The lowest BCUT2D eigenvalue weighted by Crippen LogP contribution is -2.44. The topological polar surface area (TPSA) is 60.9 Å². The highest BCUT2D eigenvalue weighted by atomic mass is 19.4. The molecule has 0 spiro atoms. The molecule has 1 amide bonds. The monoisotopic (exact) mass is 282 g/mol. The van der Waals surface area contributed by atoms with Crippen LogP contribution in [0.5, 0.6) is 0 Å². The molecule has 1 unspecified atom stereocenters. The predicted octanol–water partition coefficient (Wildman–Crippen LogP) is 0.804. The molecule has 0 bridgehead atoms. The summed E-state index contributed by atoms with van der Waals surface area (Å²) in [5.74, 6) is -4.65. The first kappa shape index (κ1) is 15.7. The number of hydrogen-bond donors (Lipinski definition) is 1. The molecule has 1 rings (SSSR count). The van der Waals surface area contributed by atoms with Gasteiger partial charge in [0.05, 0.1) is 6.54 Å². The zero-order chi connectivity index (χ0) is 14.6. The van der Waals surface area contributed by atoms with Gasteiger partial charge >= 0.3 is 12.1 Å². The van der Waals surface area contributed by atoms with Crippen LogP contribution in [-0.4, -0.2) is 66.2 Å². The maximum absolute atomic E-state index is 12.5. The summed E-state index contributed by atoms with van der Waals surface area (Å²) in [5.41, 5.74) is 0. The van der Waals surface area contributed by atoms with E-state index in [1.54, 1.807) is 4.90 Å². The maximum atomic E-state index is 12.5. The molecule has 110 valence electrons. The number of likely N-dealkylation sites (tertiary alicyclic amines) is 1. The van der Waals surface area contributed by atoms with Crippen molar-refractivity contribution in [1.29, 1.82) is 0 Å². The Morgan fingerprint density at radius 1 is 1.32 bits per heavy atom. The zero-order valence-electron chi connectivity index (χ0n) is 10.6. The van der Waals surface area contributed by atoms with Crippen molar-refractivity contribution in [1.82, 2.24) is 9.80 Å². The van der Waals surface area contributed by atoms with Gasteiger partial charge in [-0.15, -0.1) is 0 Å². The minimum Gasteiger partial charge on any atom is -0.481 e. The lowest BCUT2D eigenvalue weighted by atomic mass is 10.1. The molecule has 0 aliphatic carbocycles. The van der Waals surface area contributed by atoms with E-state index < -0.39 is 24.6 Å². The van der Waals surface area contributed by atoms with E-state index in [1.807, 2.05) is 0 Å². The van der Waals surface area contributed by atoms with Crippen LogP contribution in [0.15, 0.2) is 0 Å². The molecule has 1 aliphatic rings. The van der Waals surface area contributed by atoms with Crippen LogP contribution in [0.4, 0.5) is 13.2 Å². The van der Waals surface area contributed by atoms with E-state index in [-0.39, 0.29) is 12.5 Å². The number of nitrogens with zero attached hydrogens (tertiary/aromatic N) is 2. The second-order valence-electron chi connectivity index (χ2n) is 4.72. The van der Waals surface area contributed by atoms with Gasteiger partial charge in [-0.2, -0.15) is 13.2 Å². The van der Waals surface area contributed by atoms with Crippen LogP contribution in [0.3, 0.4) is 0 Å². The number of carboxylic acids is 1. The van der Waals surface area contributed by atoms with Crippen LogP contribution in [-0.2, 0) is 9.59 Å². The van der Waals surface area contributed by atoms with Crippen LogP contribution in [0.25, 0.3) is 0 Å². The summed E-state index contributed by atoms with van der Waals surface area (Å²) in [7, 11) is 1.32. The third kappa shape index (κ3) is 4.70. The van der Waals surface area contributed by atoms with Crippen LogP contribution in [0.2, 0.25) is 0 Å². The summed E-state index contributed by atoms with van der Waals surface area (Å²) in [6, 6.07) is 0. The second-order valence-corrected chi connectivity index (χ2v) is 4.72. The molecule has 1 fully saturated rings. The Morgan fingerprint density at radius 3 is 2.26 bits per heavy atom. The SMILES string of the molecule is CN(CC(=O)N1CCCC1)CC(C(=O)O)C(F)(F)F. The average molecular weight is 282 g/mol. The molecule has 0 aromatic carbocycles. The fourth-order valence-electron chi connectivity index (χ4n) is 2.00. The lowest BCUT2D eigenvalue weighted by Gasteiger charge is -2.24. The highest BCUT2D eigenvalue weighted by Crippen LogP contribution is 2.27. The van der Waals surface area contributed by atoms with Gasteiger partial charge in [0.1, 0.15) is 0 Å². The van der Waals surface area contributed by atoms with Gasteiger partial charge in [-0.1, -0.05) is 0 Å². The number of likely N-dealkylation sites (N-methyl/N-ethyl adjacent to an activating group) is 1. The average Bonchev–Trinajstić information content (AvgIpc) is 2.77. The van der Waals surface area contributed by atoms with Gasteiger partial charge < -0.3 is 10.0 Å². The van der Waals surface area contributed by atoms with Gasteiger partial charge in [-0.05, 0) is 19.9 Å². The molecular weight excluding hydrogens is 265 g/mol. The van der Waals surface area contributed by atoms with Crippen molar-refractivity contribution in [3.8, 4) is 0 Å². The van der Waals surface area contributed by atoms with E-state index in [1.165, 1.54) is 7.05 Å². The number of carbonyl (C=O) groups excluding carboxylic acids is 1. The van der Waals surface area contributed by atoms with E-state index in [2.05, 4.69) is 0 Å². The first-order valence-corrected chi connectivity index (χ1v) is 5.97. The van der Waals surface area contributed by atoms with Crippen molar-refractivity contribution < 1.29 is 27.9 Å². The van der Waals surface area contributed by atoms with E-state index in [9.17, 15) is 22.8 Å². The lowest BCUT2D eigenvalue weighted by molar-refractivity contribution is -0.196. The van der Waals surface area contributed by atoms with E-state index >= 15 is 0 Å². The summed E-state index contributed by atoms with van der Waals surface area (Å²) >= 11 is 0. The summed E-state index contributed by atoms with van der Waals surface area (Å²) in [5, 5.41) is 8.56. The molecule has 0 saturated carbocycles. The Labute approximate surface area is 109 Å². The standard InChI is InChI=1S/C11H17F3N2O3/c1-15(6-8(10(18)19)11(12,13)14)7-9(17)16-4-2-3-5-16/h8H,2-7H2,1H3,(H,18,19). The molecular formula is C11H17F3N2O3. The molecule has 1 heterocycles. The molecule has 8 heteroatoms. The third-order valence-electron chi connectivity index (χ3n) is 3.05. The highest BCUT2D eigenvalue weighted by molar-refractivity contribution is 5.78. The Hall–Kier alpha value is -1.31. The van der Waals surface area contributed by atoms with Crippen LogP contribution in [0.1, 0.15) is 12.8 Å². The first-order chi connectivity index (χ1) is 8.71. The minimum atomic E-state index is -4.81. The molecule has 1 N–H and O–H groups in total. The molecule has 1 aliphatic heterocycles. The van der Waals surface area contributed by atoms with Gasteiger partial charge in [0, 0.05) is 19.6 Å². The van der Waals surface area contributed by atoms with Gasteiger partial charge in [-0.3, -0.25) is 14.5 Å². The number of carboxylic acid groups (broad SMARTS) is 1. The molecule has 19 heavy (non-hydrogen) atoms. The van der Waals surface area contributed by atoms with Crippen molar-refractivity contribution in [2.24, 2.45) is 5.92 Å². The van der Waals surface area contributed by atoms with Crippen molar-refractivity contribution in [3.05, 3.63) is 0 Å². The number of hydrogen-bond acceptors (Lipinski definition) is 3. The quantitative estimate of drug-likeness (QED) is 0.810. The fraction of sp³-hybridized carbons (Fsp3) is 0.818. The summed E-state index contributed by atoms with van der Waals surface area (Å²) in [6.45, 7) is 0.320. The number of carbonyl (C=O) groups is 2. The zero-order valence-corrected chi connectivity index (χ0v) is 10.6. The summed E-state index contributed by atoms with van der Waals surface area (Å²) in [6.07, 6.45) is -3.01. The number of aliphatic carboxylic acids is 1. The Kier molecular flexibility index (Phi) is 5.16. The molecule has 0 aromatic rings. The van der Waals surface area contributed by atoms with Gasteiger partial charge in [0.2, 0.25) is 5.91 Å². The molecule has 0 radical (unpaired) electrons. The Bertz CT molecular complexity index is 341. The predicted molar refractivity (Wildman–Crippen MR) is 60.5 cm³/mol. The summed E-state index contributed by atoms with van der Waals surface area (Å²) in [4.78, 5) is 25.0. The van der Waals surface area contributed by atoms with E-state index in [4.69, 9.17) is 5.11 Å². The van der Waals surface area contributed by atoms with E-state index in [0.29, 0.717) is 13.1 Å². The fourth-order valence-corrected chi connectivity index (χ4v) is 2.00. The molecule has 1 atom stereocenters. The number of amides is 1. The first-order valence-electron chi connectivity index (χ1n) is 5.97. The van der Waals surface area contributed by atoms with Gasteiger partial charge in [-0.25, -0.2) is 0 Å². The van der Waals surface area contributed by atoms with Crippen LogP contribution < -0.4 is 0 Å². The Morgan fingerprint density at radius 2 is 1.84 bits per heavy atom. The van der Waals surface area contributed by atoms with Crippen molar-refractivity contribution in [3.63, 3.8) is 0 Å². The van der Waals surface area contributed by atoms with Crippen LogP contribution >= 0.6 is 0 Å². The molecule has 0 aromatic heterocycles. The van der Waals surface area contributed by atoms with Crippen molar-refractivity contribution in [2.75, 3.05) is 33.2 Å². The van der Waals surface area contributed by atoms with Gasteiger partial charge in [0.25, 0.3) is 0 Å². The van der Waals surface area contributed by atoms with Crippen LogP contribution in [0, 0.1) is 5.92 Å². The number of alkyl halides is 3. The third-order valence-corrected chi connectivity index (χ3v) is 3.05. The maximum Gasteiger partial charge on any atom is 0.403 e. The minimum absolute atomic E-state index is 0.195. The normalized spacial score (nSPS) is 17.8. The molecule has 1 saturated heterocycles. The van der Waals surface area contributed by atoms with Crippen molar-refractivity contribution >= 4 is 11.9 Å². The second kappa shape index (κ2) is 6.23. The van der Waals surface area contributed by atoms with Crippen molar-refractivity contribution in [2.45, 2.75) is 19.0 Å².